The lowest BCUT2D eigenvalue weighted by Gasteiger charge is -2.19. The maximum Gasteiger partial charge on any atom is 0.239 e. The van der Waals surface area contributed by atoms with Gasteiger partial charge in [0.25, 0.3) is 0 Å². The summed E-state index contributed by atoms with van der Waals surface area (Å²) in [6.07, 6.45) is 3.46. The second kappa shape index (κ2) is 5.39. The Balaban J connectivity index is 2.23. The fourth-order valence-corrected chi connectivity index (χ4v) is 1.69. The summed E-state index contributed by atoms with van der Waals surface area (Å²) in [5.41, 5.74) is 2.91. The molecule has 6 nitrogen and oxygen atoms in total. The zero-order valence-corrected chi connectivity index (χ0v) is 10.8. The van der Waals surface area contributed by atoms with Crippen LogP contribution in [0.4, 0.5) is 11.4 Å². The zero-order valence-electron chi connectivity index (χ0n) is 10.8. The first-order chi connectivity index (χ1) is 8.72. The molecule has 2 aromatic rings. The van der Waals surface area contributed by atoms with Crippen LogP contribution >= 0.6 is 0 Å². The number of aromatic amines is 1. The van der Waals surface area contributed by atoms with Crippen molar-refractivity contribution in [1.29, 1.82) is 0 Å². The first-order valence-electron chi connectivity index (χ1n) is 5.65. The molecule has 0 bridgehead atoms. The Morgan fingerprint density at radius 1 is 1.33 bits per heavy atom. The molecule has 0 spiro atoms. The molecule has 0 aliphatic carbocycles. The van der Waals surface area contributed by atoms with Crippen LogP contribution in [0.3, 0.4) is 0 Å². The molecular formula is C12H17N5O. The second-order valence-corrected chi connectivity index (χ2v) is 4.04. The number of hydrogen-bond donors (Lipinski definition) is 2. The Bertz CT molecular complexity index is 495. The highest BCUT2D eigenvalue weighted by Crippen LogP contribution is 2.32. The average Bonchev–Trinajstić information content (AvgIpc) is 2.88. The van der Waals surface area contributed by atoms with Gasteiger partial charge in [-0.2, -0.15) is 5.10 Å². The monoisotopic (exact) mass is 247 g/mol. The normalized spacial score (nSPS) is 10.2. The molecule has 0 aromatic carbocycles. The predicted molar refractivity (Wildman–Crippen MR) is 71.0 cm³/mol. The largest absolute Gasteiger partial charge is 0.479 e. The highest BCUT2D eigenvalue weighted by molar-refractivity contribution is 5.74. The molecule has 0 atom stereocenters. The van der Waals surface area contributed by atoms with Gasteiger partial charge in [-0.25, -0.2) is 4.98 Å². The van der Waals surface area contributed by atoms with Gasteiger partial charge in [0.05, 0.1) is 25.0 Å². The van der Waals surface area contributed by atoms with E-state index in [1.165, 1.54) is 0 Å². The van der Waals surface area contributed by atoms with Crippen LogP contribution in [0.25, 0.3) is 0 Å². The van der Waals surface area contributed by atoms with Crippen LogP contribution in [0, 0.1) is 0 Å². The van der Waals surface area contributed by atoms with Crippen molar-refractivity contribution in [3.05, 3.63) is 30.2 Å². The van der Waals surface area contributed by atoms with Gasteiger partial charge in [0.15, 0.2) is 0 Å². The fourth-order valence-electron chi connectivity index (χ4n) is 1.69. The number of methoxy groups -OCH3 is 1. The Labute approximate surface area is 106 Å². The van der Waals surface area contributed by atoms with Gasteiger partial charge in [0.1, 0.15) is 5.69 Å². The van der Waals surface area contributed by atoms with E-state index in [0.717, 1.165) is 17.1 Å². The van der Waals surface area contributed by atoms with Crippen molar-refractivity contribution in [1.82, 2.24) is 15.2 Å². The van der Waals surface area contributed by atoms with Gasteiger partial charge in [0, 0.05) is 26.5 Å². The number of ether oxygens (including phenoxy) is 1. The van der Waals surface area contributed by atoms with Crippen LogP contribution in [0.15, 0.2) is 24.5 Å². The molecule has 0 aliphatic rings. The highest BCUT2D eigenvalue weighted by atomic mass is 16.5. The summed E-state index contributed by atoms with van der Waals surface area (Å²) >= 11 is 0. The number of aromatic nitrogens is 3. The molecule has 6 heteroatoms. The summed E-state index contributed by atoms with van der Waals surface area (Å²) in [7, 11) is 5.58. The third-order valence-corrected chi connectivity index (χ3v) is 2.58. The van der Waals surface area contributed by atoms with Crippen molar-refractivity contribution in [2.24, 2.45) is 0 Å². The quantitative estimate of drug-likeness (QED) is 0.838. The number of hydrogen-bond acceptors (Lipinski definition) is 5. The third kappa shape index (κ3) is 2.53. The van der Waals surface area contributed by atoms with Gasteiger partial charge in [-0.1, -0.05) is 0 Å². The zero-order chi connectivity index (χ0) is 13.0. The second-order valence-electron chi connectivity index (χ2n) is 4.04. The highest BCUT2D eigenvalue weighted by Gasteiger charge is 2.11. The third-order valence-electron chi connectivity index (χ3n) is 2.58. The molecular weight excluding hydrogens is 230 g/mol. The molecule has 0 saturated carbocycles. The van der Waals surface area contributed by atoms with Crippen LogP contribution in [0.5, 0.6) is 5.88 Å². The van der Waals surface area contributed by atoms with Gasteiger partial charge in [-0.3, -0.25) is 5.10 Å². The minimum Gasteiger partial charge on any atom is -0.479 e. The smallest absolute Gasteiger partial charge is 0.239 e. The Kier molecular flexibility index (Phi) is 3.66. The summed E-state index contributed by atoms with van der Waals surface area (Å²) < 4.78 is 5.28. The molecule has 2 aromatic heterocycles. The standard InChI is InChI=1S/C12H17N5O/c1-17(2)10-5-6-13-12(18-3)11(10)14-8-9-4-7-15-16-9/h4-7,14H,8H2,1-3H3,(H,15,16). The van der Waals surface area contributed by atoms with Crippen LogP contribution in [-0.2, 0) is 6.54 Å². The molecule has 96 valence electrons. The minimum atomic E-state index is 0.584. The summed E-state index contributed by atoms with van der Waals surface area (Å²) in [6, 6.07) is 3.86. The van der Waals surface area contributed by atoms with Crippen molar-refractivity contribution in [2.75, 3.05) is 31.4 Å². The first kappa shape index (κ1) is 12.2. The van der Waals surface area contributed by atoms with Crippen LogP contribution in [0.2, 0.25) is 0 Å². The number of nitrogens with zero attached hydrogens (tertiary/aromatic N) is 3. The topological polar surface area (TPSA) is 66.1 Å². The maximum atomic E-state index is 5.28. The van der Waals surface area contributed by atoms with E-state index in [4.69, 9.17) is 4.74 Å². The van der Waals surface area contributed by atoms with Crippen molar-refractivity contribution >= 4 is 11.4 Å². The Morgan fingerprint density at radius 3 is 2.78 bits per heavy atom. The number of H-pyrrole nitrogens is 1. The van der Waals surface area contributed by atoms with E-state index in [2.05, 4.69) is 20.5 Å². The maximum absolute atomic E-state index is 5.28. The molecule has 2 N–H and O–H groups in total. The van der Waals surface area contributed by atoms with Gasteiger partial charge >= 0.3 is 0 Å². The van der Waals surface area contributed by atoms with E-state index in [1.54, 1.807) is 19.5 Å². The number of rotatable bonds is 5. The average molecular weight is 247 g/mol. The number of anilines is 2. The fraction of sp³-hybridized carbons (Fsp3) is 0.333. The molecule has 2 heterocycles. The van der Waals surface area contributed by atoms with Gasteiger partial charge in [-0.15, -0.1) is 0 Å². The molecule has 0 radical (unpaired) electrons. The van der Waals surface area contributed by atoms with E-state index in [0.29, 0.717) is 12.4 Å². The van der Waals surface area contributed by atoms with E-state index in [1.807, 2.05) is 31.1 Å². The van der Waals surface area contributed by atoms with E-state index in [-0.39, 0.29) is 0 Å². The summed E-state index contributed by atoms with van der Waals surface area (Å²) in [4.78, 5) is 6.22. The SMILES string of the molecule is COc1nccc(N(C)C)c1NCc1ccn[nH]1. The van der Waals surface area contributed by atoms with Crippen LogP contribution in [0.1, 0.15) is 5.69 Å². The molecule has 0 unspecified atom stereocenters. The van der Waals surface area contributed by atoms with Gasteiger partial charge in [-0.05, 0) is 12.1 Å². The van der Waals surface area contributed by atoms with Gasteiger partial charge < -0.3 is 15.0 Å². The van der Waals surface area contributed by atoms with Crippen LogP contribution in [-0.4, -0.2) is 36.4 Å². The van der Waals surface area contributed by atoms with Crippen molar-refractivity contribution in [2.45, 2.75) is 6.54 Å². The molecule has 0 fully saturated rings. The molecule has 0 aliphatic heterocycles. The number of pyridine rings is 1. The molecule has 0 amide bonds. The number of nitrogens with one attached hydrogen (secondary N) is 2. The van der Waals surface area contributed by atoms with E-state index < -0.39 is 0 Å². The first-order valence-corrected chi connectivity index (χ1v) is 5.65. The van der Waals surface area contributed by atoms with E-state index in [9.17, 15) is 0 Å². The molecule has 2 rings (SSSR count). The Morgan fingerprint density at radius 2 is 2.17 bits per heavy atom. The van der Waals surface area contributed by atoms with Gasteiger partial charge in [0.2, 0.25) is 5.88 Å². The lowest BCUT2D eigenvalue weighted by molar-refractivity contribution is 0.400. The summed E-state index contributed by atoms with van der Waals surface area (Å²) in [5.74, 6) is 0.584. The Hall–Kier alpha value is -2.24. The van der Waals surface area contributed by atoms with Crippen LogP contribution < -0.4 is 15.0 Å². The lowest BCUT2D eigenvalue weighted by Crippen LogP contribution is -2.13. The van der Waals surface area contributed by atoms with E-state index >= 15 is 0 Å². The molecule has 18 heavy (non-hydrogen) atoms. The predicted octanol–water partition coefficient (Wildman–Crippen LogP) is 1.49. The summed E-state index contributed by atoms with van der Waals surface area (Å²) in [6.45, 7) is 0.642. The minimum absolute atomic E-state index is 0.584. The summed E-state index contributed by atoms with van der Waals surface area (Å²) in [5, 5.41) is 10.1. The van der Waals surface area contributed by atoms with Crippen molar-refractivity contribution in [3.63, 3.8) is 0 Å². The van der Waals surface area contributed by atoms with Crippen molar-refractivity contribution in [3.8, 4) is 5.88 Å². The molecule has 0 saturated heterocycles. The lowest BCUT2D eigenvalue weighted by atomic mass is 10.3. The van der Waals surface area contributed by atoms with Crippen molar-refractivity contribution < 1.29 is 4.74 Å².